The maximum atomic E-state index is 14.3. The van der Waals surface area contributed by atoms with E-state index in [0.717, 1.165) is 16.0 Å². The molecule has 3 nitrogen and oxygen atoms in total. The number of carbonyl (C=O) groups is 1. The molecule has 0 aliphatic rings. The van der Waals surface area contributed by atoms with E-state index in [-0.39, 0.29) is 12.4 Å². The zero-order valence-electron chi connectivity index (χ0n) is 15.0. The van der Waals surface area contributed by atoms with E-state index in [1.54, 1.807) is 36.0 Å². The largest absolute Gasteiger partial charge is 0.482 e. The minimum absolute atomic E-state index is 0.248. The molecule has 5 heteroatoms. The molecule has 0 atom stereocenters. The monoisotopic (exact) mass is 394 g/mol. The molecule has 0 saturated carbocycles. The number of rotatable bonds is 8. The van der Waals surface area contributed by atoms with Crippen LogP contribution in [-0.4, -0.2) is 23.4 Å². The van der Waals surface area contributed by atoms with Crippen LogP contribution in [-0.2, 0) is 4.79 Å². The van der Waals surface area contributed by atoms with Crippen molar-refractivity contribution in [1.82, 2.24) is 0 Å². The number of halogens is 1. The summed E-state index contributed by atoms with van der Waals surface area (Å²) in [5.74, 6) is -0.0835. The molecule has 0 aromatic heterocycles. The lowest BCUT2D eigenvalue weighted by Crippen LogP contribution is -2.09. The second kappa shape index (κ2) is 9.76. The van der Waals surface area contributed by atoms with E-state index >= 15 is 0 Å². The molecule has 0 unspecified atom stereocenters. The Morgan fingerprint density at radius 1 is 0.964 bits per heavy atom. The van der Waals surface area contributed by atoms with Crippen molar-refractivity contribution in [2.45, 2.75) is 4.90 Å². The summed E-state index contributed by atoms with van der Waals surface area (Å²) in [5, 5.41) is 8.64. The van der Waals surface area contributed by atoms with E-state index in [2.05, 4.69) is 0 Å². The number of carboxylic acids is 1. The van der Waals surface area contributed by atoms with Gasteiger partial charge in [0.15, 0.2) is 6.61 Å². The first-order chi connectivity index (χ1) is 13.6. The first-order valence-electron chi connectivity index (χ1n) is 8.71. The van der Waals surface area contributed by atoms with Crippen molar-refractivity contribution in [3.05, 3.63) is 102 Å². The Bertz CT molecular complexity index is 953. The molecule has 0 heterocycles. The molecule has 0 aliphatic carbocycles. The molecule has 0 bridgehead atoms. The highest BCUT2D eigenvalue weighted by atomic mass is 32.2. The molecular formula is C23H19FO3S. The third kappa shape index (κ3) is 5.47. The van der Waals surface area contributed by atoms with E-state index in [1.807, 2.05) is 54.6 Å². The van der Waals surface area contributed by atoms with Gasteiger partial charge in [0.1, 0.15) is 11.6 Å². The lowest BCUT2D eigenvalue weighted by atomic mass is 9.97. The van der Waals surface area contributed by atoms with Crippen LogP contribution in [0, 0.1) is 5.82 Å². The number of aliphatic carboxylic acids is 1. The first-order valence-corrected chi connectivity index (χ1v) is 9.70. The van der Waals surface area contributed by atoms with Crippen molar-refractivity contribution in [3.63, 3.8) is 0 Å². The Morgan fingerprint density at radius 2 is 1.64 bits per heavy atom. The van der Waals surface area contributed by atoms with Crippen molar-refractivity contribution in [3.8, 4) is 5.75 Å². The number of benzene rings is 3. The van der Waals surface area contributed by atoms with Gasteiger partial charge >= 0.3 is 5.97 Å². The van der Waals surface area contributed by atoms with Crippen molar-refractivity contribution < 1.29 is 19.0 Å². The van der Waals surface area contributed by atoms with Gasteiger partial charge in [0.2, 0.25) is 0 Å². The van der Waals surface area contributed by atoms with Crippen LogP contribution in [0.2, 0.25) is 0 Å². The summed E-state index contributed by atoms with van der Waals surface area (Å²) in [6.07, 6.45) is 2.02. The smallest absolute Gasteiger partial charge is 0.341 e. The Morgan fingerprint density at radius 3 is 2.32 bits per heavy atom. The van der Waals surface area contributed by atoms with Crippen molar-refractivity contribution >= 4 is 23.3 Å². The molecule has 1 N–H and O–H groups in total. The van der Waals surface area contributed by atoms with Gasteiger partial charge < -0.3 is 9.84 Å². The van der Waals surface area contributed by atoms with Gasteiger partial charge in [-0.1, -0.05) is 54.6 Å². The minimum Gasteiger partial charge on any atom is -0.482 e. The number of hydrogen-bond donors (Lipinski definition) is 1. The van der Waals surface area contributed by atoms with Gasteiger partial charge in [-0.25, -0.2) is 9.18 Å². The van der Waals surface area contributed by atoms with Crippen molar-refractivity contribution in [2.75, 3.05) is 12.4 Å². The second-order valence-corrected chi connectivity index (χ2v) is 7.02. The van der Waals surface area contributed by atoms with Crippen LogP contribution in [0.15, 0.2) is 89.8 Å². The zero-order valence-corrected chi connectivity index (χ0v) is 15.9. The van der Waals surface area contributed by atoms with E-state index < -0.39 is 5.97 Å². The summed E-state index contributed by atoms with van der Waals surface area (Å²) in [4.78, 5) is 11.6. The summed E-state index contributed by atoms with van der Waals surface area (Å²) in [7, 11) is 0. The van der Waals surface area contributed by atoms with Gasteiger partial charge in [-0.05, 0) is 41.5 Å². The highest BCUT2D eigenvalue weighted by Crippen LogP contribution is 2.28. The number of thioether (sulfide) groups is 1. The number of ether oxygens (including phenoxy) is 1. The van der Waals surface area contributed by atoms with E-state index in [4.69, 9.17) is 9.84 Å². The molecule has 3 rings (SSSR count). The fourth-order valence-electron chi connectivity index (χ4n) is 2.68. The van der Waals surface area contributed by atoms with Crippen LogP contribution >= 0.6 is 11.8 Å². The maximum Gasteiger partial charge on any atom is 0.341 e. The molecular weight excluding hydrogens is 375 g/mol. The predicted molar refractivity (Wildman–Crippen MR) is 110 cm³/mol. The molecule has 0 aliphatic heterocycles. The van der Waals surface area contributed by atoms with Crippen LogP contribution in [0.3, 0.4) is 0 Å². The zero-order chi connectivity index (χ0) is 19.8. The second-order valence-electron chi connectivity index (χ2n) is 5.93. The van der Waals surface area contributed by atoms with Crippen LogP contribution in [0.25, 0.3) is 5.57 Å². The first kappa shape index (κ1) is 19.7. The summed E-state index contributed by atoms with van der Waals surface area (Å²) in [6.45, 7) is -0.363. The predicted octanol–water partition coefficient (Wildman–Crippen LogP) is 5.51. The van der Waals surface area contributed by atoms with Gasteiger partial charge in [-0.3, -0.25) is 0 Å². The summed E-state index contributed by atoms with van der Waals surface area (Å²) in [6, 6.07) is 23.8. The maximum absolute atomic E-state index is 14.3. The van der Waals surface area contributed by atoms with Crippen LogP contribution in [0.5, 0.6) is 5.75 Å². The lowest BCUT2D eigenvalue weighted by Gasteiger charge is -2.10. The van der Waals surface area contributed by atoms with Gasteiger partial charge in [0, 0.05) is 16.2 Å². The molecule has 0 radical (unpaired) electrons. The number of carboxylic acid groups (broad SMARTS) is 1. The van der Waals surface area contributed by atoms with Crippen molar-refractivity contribution in [2.24, 2.45) is 0 Å². The molecule has 142 valence electrons. The van der Waals surface area contributed by atoms with E-state index in [1.165, 1.54) is 6.07 Å². The topological polar surface area (TPSA) is 46.5 Å². The third-order valence-electron chi connectivity index (χ3n) is 3.97. The quantitative estimate of drug-likeness (QED) is 0.512. The van der Waals surface area contributed by atoms with Gasteiger partial charge in [-0.2, -0.15) is 0 Å². The van der Waals surface area contributed by atoms with Gasteiger partial charge in [0.05, 0.1) is 0 Å². The molecule has 0 spiro atoms. The molecule has 0 amide bonds. The fraction of sp³-hybridized carbons (Fsp3) is 0.0870. The number of hydrogen-bond acceptors (Lipinski definition) is 3. The normalized spacial score (nSPS) is 11.2. The van der Waals surface area contributed by atoms with Crippen LogP contribution < -0.4 is 4.74 Å². The third-order valence-corrected chi connectivity index (χ3v) is 4.91. The van der Waals surface area contributed by atoms with Crippen molar-refractivity contribution in [1.29, 1.82) is 0 Å². The van der Waals surface area contributed by atoms with Crippen LogP contribution in [0.1, 0.15) is 11.1 Å². The standard InChI is InChI=1S/C23H19FO3S/c24-22-9-5-4-8-21(22)20(17-6-2-1-3-7-17)14-15-28-19-12-10-18(11-13-19)27-16-23(25)26/h1-14H,15-16H2,(H,25,26)/b20-14-. The summed E-state index contributed by atoms with van der Waals surface area (Å²) in [5.41, 5.74) is 2.39. The lowest BCUT2D eigenvalue weighted by molar-refractivity contribution is -0.139. The Labute approximate surface area is 167 Å². The Kier molecular flexibility index (Phi) is 6.87. The molecule has 28 heavy (non-hydrogen) atoms. The minimum atomic E-state index is -1.01. The molecule has 3 aromatic carbocycles. The van der Waals surface area contributed by atoms with Gasteiger partial charge in [0.25, 0.3) is 0 Å². The fourth-order valence-corrected chi connectivity index (χ4v) is 3.45. The highest BCUT2D eigenvalue weighted by molar-refractivity contribution is 7.99. The SMILES string of the molecule is O=C(O)COc1ccc(SC/C=C(/c2ccccc2)c2ccccc2F)cc1. The van der Waals surface area contributed by atoms with Crippen LogP contribution in [0.4, 0.5) is 4.39 Å². The Hall–Kier alpha value is -3.05. The van der Waals surface area contributed by atoms with E-state index in [9.17, 15) is 9.18 Å². The Balaban J connectivity index is 1.74. The molecule has 3 aromatic rings. The summed E-state index contributed by atoms with van der Waals surface area (Å²) >= 11 is 1.61. The van der Waals surface area contributed by atoms with E-state index in [0.29, 0.717) is 17.1 Å². The average Bonchev–Trinajstić information content (AvgIpc) is 2.72. The molecule has 0 saturated heterocycles. The average molecular weight is 394 g/mol. The summed E-state index contributed by atoms with van der Waals surface area (Å²) < 4.78 is 19.5. The highest BCUT2D eigenvalue weighted by Gasteiger charge is 2.09. The van der Waals surface area contributed by atoms with Gasteiger partial charge in [-0.15, -0.1) is 11.8 Å². The molecule has 0 fully saturated rings.